The monoisotopic (exact) mass is 497 g/mol. The highest BCUT2D eigenvalue weighted by Crippen LogP contribution is 2.59. The molecule has 1 saturated heterocycles. The van der Waals surface area contributed by atoms with E-state index in [0.29, 0.717) is 29.4 Å². The van der Waals surface area contributed by atoms with Gasteiger partial charge in [0.05, 0.1) is 28.8 Å². The smallest absolute Gasteiger partial charge is 0.287 e. The fourth-order valence-corrected chi connectivity index (χ4v) is 5.83. The number of benzene rings is 1. The second kappa shape index (κ2) is 8.87. The van der Waals surface area contributed by atoms with Crippen LogP contribution in [0.25, 0.3) is 16.7 Å². The quantitative estimate of drug-likeness (QED) is 0.435. The van der Waals surface area contributed by atoms with E-state index in [9.17, 15) is 9.59 Å². The maximum Gasteiger partial charge on any atom is 0.287 e. The van der Waals surface area contributed by atoms with Crippen LogP contribution in [0.15, 0.2) is 53.2 Å². The molecule has 0 bridgehead atoms. The second-order valence-corrected chi connectivity index (χ2v) is 10.6. The molecule has 1 aliphatic carbocycles. The zero-order chi connectivity index (χ0) is 25.7. The lowest BCUT2D eigenvalue weighted by molar-refractivity contribution is 0.0667. The van der Waals surface area contributed by atoms with E-state index in [1.165, 1.54) is 5.56 Å². The van der Waals surface area contributed by atoms with E-state index in [1.54, 1.807) is 18.5 Å². The first-order valence-corrected chi connectivity index (χ1v) is 12.9. The third kappa shape index (κ3) is 4.20. The number of nitrogens with zero attached hydrogens (tertiary/aromatic N) is 4. The molecule has 6 rings (SSSR count). The SMILES string of the molecule is Cc1ccc(-n2nc(C)c(C(=O)N3CCC4(CC3)CC4CNC(=O)c3cc4ccncc4o3)c2C)cc1. The largest absolute Gasteiger partial charge is 0.449 e. The zero-order valence-corrected chi connectivity index (χ0v) is 21.5. The topological polar surface area (TPSA) is 93.3 Å². The molecule has 1 spiro atoms. The van der Waals surface area contributed by atoms with Crippen LogP contribution in [0.5, 0.6) is 0 Å². The van der Waals surface area contributed by atoms with E-state index in [2.05, 4.69) is 34.5 Å². The lowest BCUT2D eigenvalue weighted by Crippen LogP contribution is -2.40. The Morgan fingerprint density at radius 2 is 1.86 bits per heavy atom. The lowest BCUT2D eigenvalue weighted by Gasteiger charge is -2.33. The summed E-state index contributed by atoms with van der Waals surface area (Å²) >= 11 is 0. The van der Waals surface area contributed by atoms with Crippen LogP contribution >= 0.6 is 0 Å². The molecule has 8 heteroatoms. The van der Waals surface area contributed by atoms with E-state index in [4.69, 9.17) is 4.42 Å². The number of nitrogens with one attached hydrogen (secondary N) is 1. The average molecular weight is 498 g/mol. The molecule has 190 valence electrons. The van der Waals surface area contributed by atoms with Gasteiger partial charge < -0.3 is 14.6 Å². The summed E-state index contributed by atoms with van der Waals surface area (Å²) in [6.07, 6.45) is 6.30. The van der Waals surface area contributed by atoms with Crippen LogP contribution < -0.4 is 5.32 Å². The predicted octanol–water partition coefficient (Wildman–Crippen LogP) is 4.61. The van der Waals surface area contributed by atoms with Crippen molar-refractivity contribution < 1.29 is 14.0 Å². The summed E-state index contributed by atoms with van der Waals surface area (Å²) in [4.78, 5) is 32.1. The fourth-order valence-electron chi connectivity index (χ4n) is 5.83. The van der Waals surface area contributed by atoms with E-state index in [1.807, 2.05) is 41.6 Å². The highest BCUT2D eigenvalue weighted by atomic mass is 16.3. The van der Waals surface area contributed by atoms with E-state index in [0.717, 1.165) is 54.8 Å². The van der Waals surface area contributed by atoms with E-state index < -0.39 is 0 Å². The van der Waals surface area contributed by atoms with Gasteiger partial charge in [-0.2, -0.15) is 5.10 Å². The highest BCUT2D eigenvalue weighted by Gasteiger charge is 2.55. The van der Waals surface area contributed by atoms with Crippen molar-refractivity contribution in [3.8, 4) is 5.69 Å². The first kappa shape index (κ1) is 23.5. The third-order valence-electron chi connectivity index (χ3n) is 8.24. The number of amides is 2. The van der Waals surface area contributed by atoms with Gasteiger partial charge >= 0.3 is 0 Å². The molecule has 1 unspecified atom stereocenters. The minimum Gasteiger partial charge on any atom is -0.449 e. The number of likely N-dealkylation sites (tertiary alicyclic amines) is 1. The van der Waals surface area contributed by atoms with Gasteiger partial charge in [-0.1, -0.05) is 17.7 Å². The van der Waals surface area contributed by atoms with E-state index >= 15 is 0 Å². The highest BCUT2D eigenvalue weighted by molar-refractivity contribution is 5.97. The van der Waals surface area contributed by atoms with Crippen LogP contribution in [0.3, 0.4) is 0 Å². The number of piperidine rings is 1. The van der Waals surface area contributed by atoms with Crippen molar-refractivity contribution >= 4 is 22.8 Å². The van der Waals surface area contributed by atoms with Gasteiger partial charge in [0.15, 0.2) is 11.3 Å². The molecule has 1 N–H and O–H groups in total. The van der Waals surface area contributed by atoms with Crippen molar-refractivity contribution in [1.82, 2.24) is 25.0 Å². The number of hydrogen-bond acceptors (Lipinski definition) is 5. The molecular formula is C29H31N5O3. The molecular weight excluding hydrogens is 466 g/mol. The summed E-state index contributed by atoms with van der Waals surface area (Å²) < 4.78 is 7.50. The number of pyridine rings is 1. The van der Waals surface area contributed by atoms with Crippen LogP contribution in [-0.2, 0) is 0 Å². The minimum absolute atomic E-state index is 0.0630. The second-order valence-electron chi connectivity index (χ2n) is 10.6. The Labute approximate surface area is 215 Å². The maximum atomic E-state index is 13.5. The number of carbonyl (C=O) groups excluding carboxylic acids is 2. The Balaban J connectivity index is 1.06. The van der Waals surface area contributed by atoms with Crippen molar-refractivity contribution in [2.75, 3.05) is 19.6 Å². The van der Waals surface area contributed by atoms with Crippen LogP contribution in [0.2, 0.25) is 0 Å². The molecule has 4 heterocycles. The van der Waals surface area contributed by atoms with Crippen LogP contribution in [-0.4, -0.2) is 51.1 Å². The van der Waals surface area contributed by atoms with Crippen molar-refractivity contribution in [3.63, 3.8) is 0 Å². The Bertz CT molecular complexity index is 1460. The lowest BCUT2D eigenvalue weighted by atomic mass is 9.90. The molecule has 2 fully saturated rings. The van der Waals surface area contributed by atoms with Crippen molar-refractivity contribution in [3.05, 3.63) is 77.1 Å². The summed E-state index contributed by atoms with van der Waals surface area (Å²) in [5.74, 6) is 0.623. The predicted molar refractivity (Wildman–Crippen MR) is 140 cm³/mol. The summed E-state index contributed by atoms with van der Waals surface area (Å²) in [6.45, 7) is 8.03. The van der Waals surface area contributed by atoms with Gasteiger partial charge in [0.2, 0.25) is 0 Å². The molecule has 3 aromatic heterocycles. The van der Waals surface area contributed by atoms with Gasteiger partial charge in [-0.3, -0.25) is 14.6 Å². The Hall–Kier alpha value is -3.94. The Morgan fingerprint density at radius 3 is 2.59 bits per heavy atom. The Morgan fingerprint density at radius 1 is 1.11 bits per heavy atom. The molecule has 2 aliphatic rings. The van der Waals surface area contributed by atoms with Gasteiger partial charge in [-0.05, 0) is 75.6 Å². The van der Waals surface area contributed by atoms with Crippen molar-refractivity contribution in [2.24, 2.45) is 11.3 Å². The van der Waals surface area contributed by atoms with Crippen LogP contribution in [0.4, 0.5) is 0 Å². The molecule has 2 amide bonds. The molecule has 4 aromatic rings. The number of aryl methyl sites for hydroxylation is 2. The molecule has 37 heavy (non-hydrogen) atoms. The molecule has 1 aromatic carbocycles. The maximum absolute atomic E-state index is 13.5. The van der Waals surface area contributed by atoms with Gasteiger partial charge in [0.25, 0.3) is 11.8 Å². The number of rotatable bonds is 5. The number of hydrogen-bond donors (Lipinski definition) is 1. The third-order valence-corrected chi connectivity index (χ3v) is 8.24. The first-order chi connectivity index (χ1) is 17.8. The van der Waals surface area contributed by atoms with Crippen molar-refractivity contribution in [1.29, 1.82) is 0 Å². The number of furan rings is 1. The van der Waals surface area contributed by atoms with E-state index in [-0.39, 0.29) is 17.2 Å². The van der Waals surface area contributed by atoms with Gasteiger partial charge in [-0.25, -0.2) is 4.68 Å². The first-order valence-electron chi connectivity index (χ1n) is 12.9. The molecule has 0 radical (unpaired) electrons. The molecule has 1 saturated carbocycles. The number of aromatic nitrogens is 3. The molecule has 1 atom stereocenters. The van der Waals surface area contributed by atoms with Gasteiger partial charge in [-0.15, -0.1) is 0 Å². The molecule has 1 aliphatic heterocycles. The fraction of sp³-hybridized carbons (Fsp3) is 0.379. The summed E-state index contributed by atoms with van der Waals surface area (Å²) in [7, 11) is 0. The Kier molecular flexibility index (Phi) is 5.62. The van der Waals surface area contributed by atoms with Gasteiger partial charge in [0, 0.05) is 31.2 Å². The summed E-state index contributed by atoms with van der Waals surface area (Å²) in [5.41, 5.74) is 5.33. The molecule has 8 nitrogen and oxygen atoms in total. The zero-order valence-electron chi connectivity index (χ0n) is 21.5. The standard InChI is InChI=1S/C29H31N5O3/c1-18-4-6-23(7-5-18)34-20(3)26(19(2)32-34)28(36)33-12-9-29(10-13-33)15-22(29)16-31-27(35)24-14-21-8-11-30-17-25(21)37-24/h4-8,11,14,17,22H,9-10,12-13,15-16H2,1-3H3,(H,31,35). The van der Waals surface area contributed by atoms with Gasteiger partial charge in [0.1, 0.15) is 0 Å². The normalized spacial score (nSPS) is 18.4. The summed E-state index contributed by atoms with van der Waals surface area (Å²) in [5, 5.41) is 8.59. The number of fused-ring (bicyclic) bond motifs is 1. The van der Waals surface area contributed by atoms with Crippen molar-refractivity contribution in [2.45, 2.75) is 40.0 Å². The minimum atomic E-state index is -0.192. The average Bonchev–Trinajstić information content (AvgIpc) is 3.23. The van der Waals surface area contributed by atoms with Crippen LogP contribution in [0.1, 0.15) is 57.1 Å². The van der Waals surface area contributed by atoms with Crippen LogP contribution in [0, 0.1) is 32.1 Å². The number of carbonyl (C=O) groups is 2. The summed E-state index contributed by atoms with van der Waals surface area (Å²) in [6, 6.07) is 11.8.